The number of carbonyl (C=O) groups excluding carboxylic acids is 1. The summed E-state index contributed by atoms with van der Waals surface area (Å²) in [5, 5.41) is 9.33. The van der Waals surface area contributed by atoms with Gasteiger partial charge in [-0.3, -0.25) is 4.79 Å². The molecule has 0 unspecified atom stereocenters. The van der Waals surface area contributed by atoms with E-state index in [-0.39, 0.29) is 16.6 Å². The van der Waals surface area contributed by atoms with Crippen LogP contribution in [0.2, 0.25) is 4.34 Å². The maximum atomic E-state index is 12.2. The second kappa shape index (κ2) is 5.51. The molecular formula is C17H18ClN3OS2. The number of fused-ring (bicyclic) bond motifs is 5. The summed E-state index contributed by atoms with van der Waals surface area (Å²) in [6.45, 7) is 6.91. The van der Waals surface area contributed by atoms with E-state index in [0.717, 1.165) is 24.2 Å². The fraction of sp³-hybridized carbons (Fsp3) is 0.529. The fourth-order valence-electron chi connectivity index (χ4n) is 4.09. The lowest BCUT2D eigenvalue weighted by molar-refractivity contribution is 0.102. The average molecular weight is 380 g/mol. The van der Waals surface area contributed by atoms with E-state index < -0.39 is 0 Å². The molecule has 2 atom stereocenters. The van der Waals surface area contributed by atoms with Gasteiger partial charge in [-0.15, -0.1) is 16.4 Å². The first-order valence-corrected chi connectivity index (χ1v) is 10.2. The van der Waals surface area contributed by atoms with E-state index in [1.54, 1.807) is 12.1 Å². The van der Waals surface area contributed by atoms with Gasteiger partial charge in [0.1, 0.15) is 0 Å². The normalized spacial score (nSPS) is 26.6. The van der Waals surface area contributed by atoms with E-state index in [1.807, 2.05) is 0 Å². The van der Waals surface area contributed by atoms with Crippen LogP contribution in [0.5, 0.6) is 0 Å². The maximum absolute atomic E-state index is 12.2. The minimum atomic E-state index is 0.0501. The third-order valence-electron chi connectivity index (χ3n) is 5.95. The van der Waals surface area contributed by atoms with Crippen LogP contribution in [-0.4, -0.2) is 26.7 Å². The van der Waals surface area contributed by atoms with Crippen molar-refractivity contribution in [3.63, 3.8) is 0 Å². The summed E-state index contributed by atoms with van der Waals surface area (Å²) >= 11 is 8.55. The Morgan fingerprint density at radius 1 is 1.38 bits per heavy atom. The molecule has 0 aromatic carbocycles. The van der Waals surface area contributed by atoms with Gasteiger partial charge < -0.3 is 0 Å². The van der Waals surface area contributed by atoms with E-state index >= 15 is 0 Å². The van der Waals surface area contributed by atoms with Crippen molar-refractivity contribution < 1.29 is 4.79 Å². The molecule has 126 valence electrons. The highest BCUT2D eigenvalue weighted by Crippen LogP contribution is 2.66. The smallest absolute Gasteiger partial charge is 0.209 e. The Morgan fingerprint density at radius 2 is 2.17 bits per heavy atom. The number of thioether (sulfide) groups is 1. The summed E-state index contributed by atoms with van der Waals surface area (Å²) in [5.41, 5.74) is 2.38. The lowest BCUT2D eigenvalue weighted by Crippen LogP contribution is -2.32. The van der Waals surface area contributed by atoms with Gasteiger partial charge in [-0.2, -0.15) is 5.10 Å². The monoisotopic (exact) mass is 379 g/mol. The number of Topliss-reactive ketones (excluding diaryl/α,β-unsaturated/α-hetero) is 1. The zero-order chi connectivity index (χ0) is 17.1. The molecule has 0 spiro atoms. The van der Waals surface area contributed by atoms with Gasteiger partial charge in [0, 0.05) is 11.3 Å². The van der Waals surface area contributed by atoms with E-state index in [0.29, 0.717) is 26.0 Å². The predicted molar refractivity (Wildman–Crippen MR) is 97.3 cm³/mol. The lowest BCUT2D eigenvalue weighted by Gasteiger charge is -2.33. The first-order valence-electron chi connectivity index (χ1n) is 7.99. The van der Waals surface area contributed by atoms with E-state index in [4.69, 9.17) is 16.6 Å². The molecule has 0 saturated heterocycles. The molecule has 24 heavy (non-hydrogen) atoms. The molecule has 4 nitrogen and oxygen atoms in total. The van der Waals surface area contributed by atoms with Crippen molar-refractivity contribution in [2.45, 2.75) is 50.1 Å². The van der Waals surface area contributed by atoms with Gasteiger partial charge in [0.2, 0.25) is 5.16 Å². The molecule has 7 heteroatoms. The molecule has 0 N–H and O–H groups in total. The Hall–Kier alpha value is -0.980. The molecule has 2 heterocycles. The van der Waals surface area contributed by atoms with Crippen LogP contribution in [0.1, 0.15) is 60.6 Å². The molecule has 1 saturated carbocycles. The quantitative estimate of drug-likeness (QED) is 0.567. The van der Waals surface area contributed by atoms with Crippen LogP contribution in [0, 0.1) is 5.41 Å². The molecule has 1 fully saturated rings. The largest absolute Gasteiger partial charge is 0.292 e. The summed E-state index contributed by atoms with van der Waals surface area (Å²) in [6, 6.07) is 3.51. The highest BCUT2D eigenvalue weighted by Gasteiger charge is 2.61. The average Bonchev–Trinajstić information content (AvgIpc) is 3.12. The summed E-state index contributed by atoms with van der Waals surface area (Å²) in [4.78, 5) is 17.7. The first-order chi connectivity index (χ1) is 11.3. The number of rotatable bonds is 4. The zero-order valence-corrected chi connectivity index (χ0v) is 16.2. The minimum absolute atomic E-state index is 0.0501. The van der Waals surface area contributed by atoms with Crippen molar-refractivity contribution in [3.8, 4) is 0 Å². The van der Waals surface area contributed by atoms with Crippen LogP contribution in [0.15, 0.2) is 17.3 Å². The van der Waals surface area contributed by atoms with E-state index in [9.17, 15) is 4.79 Å². The van der Waals surface area contributed by atoms with Crippen LogP contribution in [0.4, 0.5) is 0 Å². The van der Waals surface area contributed by atoms with Crippen LogP contribution < -0.4 is 0 Å². The molecule has 2 aliphatic rings. The number of thiophene rings is 1. The van der Waals surface area contributed by atoms with Gasteiger partial charge in [0.25, 0.3) is 0 Å². The molecule has 2 bridgehead atoms. The SMILES string of the molecule is CC1(C)[C@@H]2CC[C@]1(C)c1nc(SCC(=O)c3ccc(Cl)s3)nnc12. The topological polar surface area (TPSA) is 55.7 Å². The maximum Gasteiger partial charge on any atom is 0.209 e. The molecule has 0 aliphatic heterocycles. The van der Waals surface area contributed by atoms with E-state index in [2.05, 4.69) is 31.0 Å². The predicted octanol–water partition coefficient (Wildman–Crippen LogP) is 4.74. The number of hydrogen-bond acceptors (Lipinski definition) is 6. The lowest BCUT2D eigenvalue weighted by atomic mass is 9.70. The van der Waals surface area contributed by atoms with Crippen LogP contribution in [-0.2, 0) is 5.41 Å². The van der Waals surface area contributed by atoms with Gasteiger partial charge in [-0.1, -0.05) is 44.1 Å². The highest BCUT2D eigenvalue weighted by atomic mass is 35.5. The number of carbonyl (C=O) groups is 1. The summed E-state index contributed by atoms with van der Waals surface area (Å²) in [5.74, 6) is 0.807. The molecular weight excluding hydrogens is 362 g/mol. The Labute approximate surface area is 154 Å². The van der Waals surface area contributed by atoms with Crippen LogP contribution >= 0.6 is 34.7 Å². The summed E-state index contributed by atoms with van der Waals surface area (Å²) in [6.07, 6.45) is 2.31. The molecule has 0 amide bonds. The molecule has 4 rings (SSSR count). The number of nitrogens with zero attached hydrogens (tertiary/aromatic N) is 3. The second-order valence-electron chi connectivity index (χ2n) is 7.29. The Bertz CT molecular complexity index is 835. The van der Waals surface area contributed by atoms with Gasteiger partial charge in [0.05, 0.1) is 26.4 Å². The molecule has 2 aromatic rings. The van der Waals surface area contributed by atoms with Crippen LogP contribution in [0.3, 0.4) is 0 Å². The van der Waals surface area contributed by atoms with Gasteiger partial charge >= 0.3 is 0 Å². The van der Waals surface area contributed by atoms with E-state index in [1.165, 1.54) is 23.1 Å². The summed E-state index contributed by atoms with van der Waals surface area (Å²) < 4.78 is 0.630. The number of ketones is 1. The number of halogens is 1. The molecule has 0 radical (unpaired) electrons. The third kappa shape index (κ3) is 2.26. The third-order valence-corrected chi connectivity index (χ3v) is 8.06. The molecule has 2 aliphatic carbocycles. The molecule has 2 aromatic heterocycles. The van der Waals surface area contributed by atoms with Crippen molar-refractivity contribution in [1.82, 2.24) is 15.2 Å². The van der Waals surface area contributed by atoms with Crippen molar-refractivity contribution in [2.75, 3.05) is 5.75 Å². The fourth-order valence-corrected chi connectivity index (χ4v) is 5.83. The minimum Gasteiger partial charge on any atom is -0.292 e. The standard InChI is InChI=1S/C17H18ClN3OS2/c1-16(2)9-6-7-17(16,3)14-13(9)20-21-15(19-14)23-8-10(22)11-4-5-12(18)24-11/h4-5,9H,6-8H2,1-3H3/t9-,17-/m1/s1. The summed E-state index contributed by atoms with van der Waals surface area (Å²) in [7, 11) is 0. The Balaban J connectivity index is 1.55. The number of hydrogen-bond donors (Lipinski definition) is 0. The van der Waals surface area contributed by atoms with Crippen molar-refractivity contribution in [2.24, 2.45) is 5.41 Å². The highest BCUT2D eigenvalue weighted by molar-refractivity contribution is 7.99. The Morgan fingerprint density at radius 3 is 2.88 bits per heavy atom. The zero-order valence-electron chi connectivity index (χ0n) is 13.8. The Kier molecular flexibility index (Phi) is 3.79. The van der Waals surface area contributed by atoms with Crippen molar-refractivity contribution in [3.05, 3.63) is 32.7 Å². The van der Waals surface area contributed by atoms with Crippen molar-refractivity contribution >= 4 is 40.5 Å². The van der Waals surface area contributed by atoms with Gasteiger partial charge in [-0.25, -0.2) is 4.98 Å². The second-order valence-corrected chi connectivity index (χ2v) is 9.95. The van der Waals surface area contributed by atoms with Crippen molar-refractivity contribution in [1.29, 1.82) is 0 Å². The van der Waals surface area contributed by atoms with Gasteiger partial charge in [0.15, 0.2) is 5.78 Å². The number of aromatic nitrogens is 3. The van der Waals surface area contributed by atoms with Crippen LogP contribution in [0.25, 0.3) is 0 Å². The first kappa shape index (κ1) is 16.5. The van der Waals surface area contributed by atoms with Gasteiger partial charge in [-0.05, 0) is 30.4 Å².